The molecule has 1 fully saturated rings. The second-order valence-corrected chi connectivity index (χ2v) is 5.57. The van der Waals surface area contributed by atoms with Crippen LogP contribution in [0, 0.1) is 5.92 Å². The second-order valence-electron chi connectivity index (χ2n) is 5.57. The Morgan fingerprint density at radius 2 is 1.94 bits per heavy atom. The molecule has 0 amide bonds. The smallest absolute Gasteiger partial charge is 0.150 e. The molecule has 0 radical (unpaired) electrons. The van der Waals surface area contributed by atoms with Crippen molar-refractivity contribution in [2.45, 2.75) is 44.9 Å². The minimum absolute atomic E-state index is 0.736. The molecule has 0 N–H and O–H groups in total. The van der Waals surface area contributed by atoms with Gasteiger partial charge in [0.2, 0.25) is 0 Å². The molecule has 0 atom stereocenters. The van der Waals surface area contributed by atoms with Crippen LogP contribution in [0.5, 0.6) is 0 Å². The maximum Gasteiger partial charge on any atom is 0.150 e. The predicted octanol–water partition coefficient (Wildman–Crippen LogP) is 4.41. The second kappa shape index (κ2) is 5.09. The summed E-state index contributed by atoms with van der Waals surface area (Å²) < 4.78 is 0. The van der Waals surface area contributed by atoms with E-state index in [0.717, 1.165) is 24.2 Å². The Morgan fingerprint density at radius 3 is 2.72 bits per heavy atom. The number of hydrogen-bond acceptors (Lipinski definition) is 1. The van der Waals surface area contributed by atoms with Gasteiger partial charge in [0.25, 0.3) is 0 Å². The molecule has 0 saturated heterocycles. The topological polar surface area (TPSA) is 17.1 Å². The zero-order chi connectivity index (χ0) is 12.4. The normalized spacial score (nSPS) is 20.1. The summed E-state index contributed by atoms with van der Waals surface area (Å²) >= 11 is 0. The van der Waals surface area contributed by atoms with E-state index >= 15 is 0 Å². The molecule has 0 bridgehead atoms. The monoisotopic (exact) mass is 240 g/mol. The zero-order valence-electron chi connectivity index (χ0n) is 10.8. The highest BCUT2D eigenvalue weighted by Crippen LogP contribution is 2.39. The van der Waals surface area contributed by atoms with Gasteiger partial charge in [0.15, 0.2) is 0 Å². The Hall–Kier alpha value is -1.37. The van der Waals surface area contributed by atoms with Crippen LogP contribution in [0.1, 0.15) is 60.0 Å². The summed E-state index contributed by atoms with van der Waals surface area (Å²) in [4.78, 5) is 11.0. The lowest BCUT2D eigenvalue weighted by atomic mass is 9.76. The van der Waals surface area contributed by atoms with Crippen LogP contribution >= 0.6 is 0 Å². The van der Waals surface area contributed by atoms with Crippen molar-refractivity contribution in [2.24, 2.45) is 5.92 Å². The van der Waals surface area contributed by atoms with E-state index in [1.807, 2.05) is 6.07 Å². The van der Waals surface area contributed by atoms with Gasteiger partial charge in [-0.15, -0.1) is 0 Å². The average Bonchev–Trinajstić information content (AvgIpc) is 2.47. The molecule has 1 aromatic carbocycles. The van der Waals surface area contributed by atoms with Gasteiger partial charge in [-0.1, -0.05) is 37.5 Å². The van der Waals surface area contributed by atoms with Crippen molar-refractivity contribution in [2.75, 3.05) is 0 Å². The first-order chi connectivity index (χ1) is 8.88. The van der Waals surface area contributed by atoms with Crippen molar-refractivity contribution in [1.29, 1.82) is 0 Å². The quantitative estimate of drug-likeness (QED) is 0.700. The van der Waals surface area contributed by atoms with Crippen molar-refractivity contribution < 1.29 is 4.79 Å². The number of benzene rings is 1. The van der Waals surface area contributed by atoms with Gasteiger partial charge < -0.3 is 0 Å². The predicted molar refractivity (Wildman–Crippen MR) is 74.7 cm³/mol. The molecule has 2 aliphatic carbocycles. The van der Waals surface area contributed by atoms with Crippen molar-refractivity contribution in [3.05, 3.63) is 41.0 Å². The fourth-order valence-electron chi connectivity index (χ4n) is 3.45. The average molecular weight is 240 g/mol. The largest absolute Gasteiger partial charge is 0.298 e. The molecule has 0 spiro atoms. The molecular formula is C17H20O. The Balaban J connectivity index is 1.96. The number of aryl methyl sites for hydroxylation is 1. The molecule has 3 rings (SSSR count). The molecule has 1 saturated carbocycles. The molecule has 94 valence electrons. The third-order valence-electron chi connectivity index (χ3n) is 4.40. The summed E-state index contributed by atoms with van der Waals surface area (Å²) in [6.07, 6.45) is 12.5. The summed E-state index contributed by atoms with van der Waals surface area (Å²) in [5.74, 6) is 0.736. The molecule has 0 heterocycles. The lowest BCUT2D eigenvalue weighted by Crippen LogP contribution is -2.12. The molecule has 1 aromatic rings. The molecule has 0 aromatic heterocycles. The standard InChI is InChI=1S/C17H20O/c18-12-13-9-10-15-7-4-8-16(17(15)11-13)14-5-2-1-3-6-14/h8-12,14H,1-7H2. The van der Waals surface area contributed by atoms with Gasteiger partial charge in [0.1, 0.15) is 6.29 Å². The van der Waals surface area contributed by atoms with E-state index in [1.165, 1.54) is 55.2 Å². The fourth-order valence-corrected chi connectivity index (χ4v) is 3.45. The number of carbonyl (C=O) groups excluding carboxylic acids is 1. The summed E-state index contributed by atoms with van der Waals surface area (Å²) in [5.41, 5.74) is 5.14. The number of fused-ring (bicyclic) bond motifs is 1. The number of rotatable bonds is 2. The van der Waals surface area contributed by atoms with E-state index in [4.69, 9.17) is 0 Å². The molecule has 1 heteroatoms. The molecule has 1 nitrogen and oxygen atoms in total. The minimum atomic E-state index is 0.736. The van der Waals surface area contributed by atoms with Crippen LogP contribution in [0.4, 0.5) is 0 Å². The molecule has 0 aliphatic heterocycles. The van der Waals surface area contributed by atoms with E-state index in [1.54, 1.807) is 0 Å². The summed E-state index contributed by atoms with van der Waals surface area (Å²) in [6, 6.07) is 6.20. The SMILES string of the molecule is O=Cc1ccc2c(c1)C(C1CCCCC1)=CCC2. The number of aldehydes is 1. The Labute approximate surface area is 109 Å². The van der Waals surface area contributed by atoms with Gasteiger partial charge in [-0.3, -0.25) is 4.79 Å². The van der Waals surface area contributed by atoms with Gasteiger partial charge in [-0.25, -0.2) is 0 Å². The highest BCUT2D eigenvalue weighted by Gasteiger charge is 2.22. The number of carbonyl (C=O) groups is 1. The lowest BCUT2D eigenvalue weighted by molar-refractivity contribution is 0.112. The van der Waals surface area contributed by atoms with Crippen LogP contribution in [0.15, 0.2) is 24.3 Å². The molecular weight excluding hydrogens is 220 g/mol. The van der Waals surface area contributed by atoms with Crippen LogP contribution in [-0.2, 0) is 6.42 Å². The van der Waals surface area contributed by atoms with Crippen LogP contribution in [0.2, 0.25) is 0 Å². The number of hydrogen-bond donors (Lipinski definition) is 0. The van der Waals surface area contributed by atoms with Crippen molar-refractivity contribution in [3.63, 3.8) is 0 Å². The Morgan fingerprint density at radius 1 is 1.11 bits per heavy atom. The Bertz CT molecular complexity index is 478. The van der Waals surface area contributed by atoms with Crippen molar-refractivity contribution >= 4 is 11.9 Å². The molecule has 2 aliphatic rings. The van der Waals surface area contributed by atoms with Crippen LogP contribution in [-0.4, -0.2) is 6.29 Å². The van der Waals surface area contributed by atoms with Crippen LogP contribution in [0.25, 0.3) is 5.57 Å². The van der Waals surface area contributed by atoms with Crippen LogP contribution < -0.4 is 0 Å². The lowest BCUT2D eigenvalue weighted by Gasteiger charge is -2.28. The highest BCUT2D eigenvalue weighted by molar-refractivity contribution is 5.80. The summed E-state index contributed by atoms with van der Waals surface area (Å²) in [6.45, 7) is 0. The minimum Gasteiger partial charge on any atom is -0.298 e. The maximum atomic E-state index is 11.0. The first-order valence-electron chi connectivity index (χ1n) is 7.17. The van der Waals surface area contributed by atoms with E-state index in [0.29, 0.717) is 0 Å². The van der Waals surface area contributed by atoms with E-state index in [9.17, 15) is 4.79 Å². The summed E-state index contributed by atoms with van der Waals surface area (Å²) in [7, 11) is 0. The number of allylic oxidation sites excluding steroid dienone is 2. The van der Waals surface area contributed by atoms with Gasteiger partial charge in [-0.2, -0.15) is 0 Å². The Kier molecular flexibility index (Phi) is 3.31. The maximum absolute atomic E-state index is 11.0. The highest BCUT2D eigenvalue weighted by atomic mass is 16.1. The summed E-state index contributed by atoms with van der Waals surface area (Å²) in [5, 5.41) is 0. The molecule has 0 unspecified atom stereocenters. The zero-order valence-corrected chi connectivity index (χ0v) is 10.8. The van der Waals surface area contributed by atoms with Gasteiger partial charge >= 0.3 is 0 Å². The molecule has 18 heavy (non-hydrogen) atoms. The van der Waals surface area contributed by atoms with Crippen LogP contribution in [0.3, 0.4) is 0 Å². The van der Waals surface area contributed by atoms with E-state index in [-0.39, 0.29) is 0 Å². The van der Waals surface area contributed by atoms with E-state index < -0.39 is 0 Å². The van der Waals surface area contributed by atoms with Crippen molar-refractivity contribution in [1.82, 2.24) is 0 Å². The van der Waals surface area contributed by atoms with Gasteiger partial charge in [0, 0.05) is 5.56 Å². The fraction of sp³-hybridized carbons (Fsp3) is 0.471. The third-order valence-corrected chi connectivity index (χ3v) is 4.40. The first kappa shape index (κ1) is 11.7. The van der Waals surface area contributed by atoms with E-state index in [2.05, 4.69) is 18.2 Å². The van der Waals surface area contributed by atoms with Gasteiger partial charge in [-0.05, 0) is 54.4 Å². The van der Waals surface area contributed by atoms with Crippen molar-refractivity contribution in [3.8, 4) is 0 Å². The van der Waals surface area contributed by atoms with Gasteiger partial charge in [0.05, 0.1) is 0 Å². The third kappa shape index (κ3) is 2.14. The first-order valence-corrected chi connectivity index (χ1v) is 7.17.